The topological polar surface area (TPSA) is 29.4 Å². The number of thioether (sulfide) groups is 3. The summed E-state index contributed by atoms with van der Waals surface area (Å²) in [6.07, 6.45) is 0. The van der Waals surface area contributed by atoms with Crippen LogP contribution < -0.4 is 0 Å². The molecule has 0 aliphatic carbocycles. The summed E-state index contributed by atoms with van der Waals surface area (Å²) in [4.78, 5) is 10.7. The first-order valence-corrected chi connectivity index (χ1v) is 11.0. The molecule has 0 saturated heterocycles. The lowest BCUT2D eigenvalue weighted by Gasteiger charge is -2.14. The second kappa shape index (κ2) is 15.1. The molecule has 0 aliphatic heterocycles. The number of hydrogen-bond donors (Lipinski definition) is 3. The van der Waals surface area contributed by atoms with Crippen LogP contribution >= 0.6 is 73.2 Å². The highest BCUT2D eigenvalue weighted by Gasteiger charge is 2.12. The van der Waals surface area contributed by atoms with Gasteiger partial charge in [-0.15, -0.1) is 0 Å². The second-order valence-electron chi connectivity index (χ2n) is 3.49. The van der Waals surface area contributed by atoms with Gasteiger partial charge in [-0.25, -0.2) is 0 Å². The second-order valence-corrected chi connectivity index (χ2v) is 8.39. The first-order chi connectivity index (χ1) is 8.78. The summed E-state index contributed by atoms with van der Waals surface area (Å²) in [5.74, 6) is 7.33. The van der Waals surface area contributed by atoms with Crippen molar-refractivity contribution >= 4 is 73.2 Å². The largest absolute Gasteiger partial charge is 0.179 e. The summed E-state index contributed by atoms with van der Waals surface area (Å²) in [5, 5.41) is 3.73. The van der Waals surface area contributed by atoms with Gasteiger partial charge in [0.15, 0.2) is 0 Å². The van der Waals surface area contributed by atoms with E-state index in [0.717, 1.165) is 46.0 Å². The van der Waals surface area contributed by atoms with E-state index in [-0.39, 0.29) is 6.04 Å². The van der Waals surface area contributed by atoms with Gasteiger partial charge in [-0.05, 0) is 11.5 Å². The highest BCUT2D eigenvalue weighted by atomic mass is 32.2. The predicted molar refractivity (Wildman–Crippen MR) is 102 cm³/mol. The highest BCUT2D eigenvalue weighted by Crippen LogP contribution is 2.20. The third kappa shape index (κ3) is 11.5. The van der Waals surface area contributed by atoms with E-state index in [1.807, 2.05) is 11.8 Å². The van der Waals surface area contributed by atoms with E-state index in [1.165, 1.54) is 0 Å². The lowest BCUT2D eigenvalue weighted by molar-refractivity contribution is 0.852. The third-order valence-electron chi connectivity index (χ3n) is 1.96. The summed E-state index contributed by atoms with van der Waals surface area (Å²) in [6, 6.07) is -0.0738. The van der Waals surface area contributed by atoms with Crippen molar-refractivity contribution in [3.8, 4) is 0 Å². The molecule has 108 valence electrons. The number of thiol groups is 3. The van der Waals surface area contributed by atoms with Gasteiger partial charge in [0.1, 0.15) is 6.04 Å². The monoisotopic (exact) mass is 363 g/mol. The van der Waals surface area contributed by atoms with E-state index in [1.54, 1.807) is 23.5 Å². The zero-order chi connectivity index (χ0) is 13.6. The van der Waals surface area contributed by atoms with Crippen LogP contribution in [0.3, 0.4) is 0 Å². The minimum atomic E-state index is -0.0738. The van der Waals surface area contributed by atoms with Crippen LogP contribution in [0.1, 0.15) is 0 Å². The fraction of sp³-hybridized carbons (Fsp3) is 1.00. The standard InChI is InChI=1S/C10H21NOS6/c12-11-9(6-16-3-1-13)7-17-8-10(5-15)18-4-2-14/h9-10,13-15H,1-8H2. The zero-order valence-electron chi connectivity index (χ0n) is 10.2. The molecule has 0 aromatic heterocycles. The van der Waals surface area contributed by atoms with Crippen molar-refractivity contribution in [1.82, 2.24) is 0 Å². The van der Waals surface area contributed by atoms with E-state index in [2.05, 4.69) is 43.1 Å². The molecule has 0 amide bonds. The number of nitroso groups, excluding NO2 is 1. The van der Waals surface area contributed by atoms with E-state index in [9.17, 15) is 4.91 Å². The smallest absolute Gasteiger partial charge is 0.110 e. The Morgan fingerprint density at radius 3 is 2.17 bits per heavy atom. The molecule has 0 rings (SSSR count). The van der Waals surface area contributed by atoms with Gasteiger partial charge >= 0.3 is 0 Å². The molecule has 0 heterocycles. The number of rotatable bonds is 13. The minimum Gasteiger partial charge on any atom is -0.179 e. The van der Waals surface area contributed by atoms with Crippen molar-refractivity contribution in [3.63, 3.8) is 0 Å². The Morgan fingerprint density at radius 2 is 1.61 bits per heavy atom. The van der Waals surface area contributed by atoms with Crippen LogP contribution in [0.15, 0.2) is 5.18 Å². The van der Waals surface area contributed by atoms with Crippen LogP contribution in [0.25, 0.3) is 0 Å². The molecule has 0 spiro atoms. The molecule has 0 aliphatic rings. The summed E-state index contributed by atoms with van der Waals surface area (Å²) in [5.41, 5.74) is 0. The fourth-order valence-electron chi connectivity index (χ4n) is 1.10. The molecule has 18 heavy (non-hydrogen) atoms. The van der Waals surface area contributed by atoms with Crippen molar-refractivity contribution in [3.05, 3.63) is 4.91 Å². The van der Waals surface area contributed by atoms with Crippen molar-refractivity contribution in [2.24, 2.45) is 5.18 Å². The summed E-state index contributed by atoms with van der Waals surface area (Å²) in [6.45, 7) is 0. The van der Waals surface area contributed by atoms with Crippen molar-refractivity contribution in [2.45, 2.75) is 11.3 Å². The quantitative estimate of drug-likeness (QED) is 0.265. The summed E-state index contributed by atoms with van der Waals surface area (Å²) in [7, 11) is 0. The van der Waals surface area contributed by atoms with Crippen molar-refractivity contribution < 1.29 is 0 Å². The van der Waals surface area contributed by atoms with Crippen LogP contribution in [0.4, 0.5) is 0 Å². The Hall–Kier alpha value is 1.70. The van der Waals surface area contributed by atoms with E-state index in [0.29, 0.717) is 5.25 Å². The zero-order valence-corrected chi connectivity index (χ0v) is 15.4. The van der Waals surface area contributed by atoms with Crippen molar-refractivity contribution in [1.29, 1.82) is 0 Å². The molecule has 2 nitrogen and oxygen atoms in total. The maximum absolute atomic E-state index is 10.7. The summed E-state index contributed by atoms with van der Waals surface area (Å²) >= 11 is 18.2. The first kappa shape index (κ1) is 19.7. The average Bonchev–Trinajstić information content (AvgIpc) is 2.40. The van der Waals surface area contributed by atoms with Gasteiger partial charge in [0.2, 0.25) is 0 Å². The molecule has 0 aromatic rings. The van der Waals surface area contributed by atoms with E-state index < -0.39 is 0 Å². The SMILES string of the molecule is O=NC(CSCCS)CSCC(CS)SCCS. The molecule has 0 fully saturated rings. The van der Waals surface area contributed by atoms with Gasteiger partial charge in [0.05, 0.1) is 0 Å². The van der Waals surface area contributed by atoms with Gasteiger partial charge in [-0.3, -0.25) is 0 Å². The van der Waals surface area contributed by atoms with Crippen molar-refractivity contribution in [2.75, 3.05) is 46.0 Å². The molecular formula is C10H21NOS6. The first-order valence-electron chi connectivity index (χ1n) is 5.70. The molecule has 0 bridgehead atoms. The Kier molecular flexibility index (Phi) is 16.5. The molecule has 0 N–H and O–H groups in total. The Morgan fingerprint density at radius 1 is 0.944 bits per heavy atom. The fourth-order valence-corrected chi connectivity index (χ4v) is 5.51. The molecule has 8 heteroatoms. The van der Waals surface area contributed by atoms with E-state index in [4.69, 9.17) is 0 Å². The Labute approximate surface area is 140 Å². The van der Waals surface area contributed by atoms with Gasteiger partial charge in [0, 0.05) is 39.8 Å². The maximum Gasteiger partial charge on any atom is 0.110 e. The molecule has 2 atom stereocenters. The Balaban J connectivity index is 3.66. The minimum absolute atomic E-state index is 0.0738. The molecule has 0 aromatic carbocycles. The molecule has 0 radical (unpaired) electrons. The van der Waals surface area contributed by atoms with Crippen LogP contribution in [0.2, 0.25) is 0 Å². The third-order valence-corrected chi connectivity index (χ3v) is 7.52. The molecule has 2 unspecified atom stereocenters. The maximum atomic E-state index is 10.7. The Bertz CT molecular complexity index is 197. The van der Waals surface area contributed by atoms with Gasteiger partial charge in [0.25, 0.3) is 0 Å². The van der Waals surface area contributed by atoms with Crippen LogP contribution in [-0.4, -0.2) is 57.3 Å². The predicted octanol–water partition coefficient (Wildman–Crippen LogP) is 3.48. The highest BCUT2D eigenvalue weighted by molar-refractivity contribution is 8.04. The lowest BCUT2D eigenvalue weighted by Crippen LogP contribution is -2.15. The normalized spacial score (nSPS) is 14.4. The van der Waals surface area contributed by atoms with Crippen LogP contribution in [-0.2, 0) is 0 Å². The van der Waals surface area contributed by atoms with Crippen LogP contribution in [0, 0.1) is 4.91 Å². The number of nitrogens with zero attached hydrogens (tertiary/aromatic N) is 1. The lowest BCUT2D eigenvalue weighted by atomic mass is 10.4. The van der Waals surface area contributed by atoms with E-state index >= 15 is 0 Å². The molecule has 0 saturated carbocycles. The van der Waals surface area contributed by atoms with Gasteiger partial charge < -0.3 is 0 Å². The molecular weight excluding hydrogens is 343 g/mol. The van der Waals surface area contributed by atoms with Crippen LogP contribution in [0.5, 0.6) is 0 Å². The average molecular weight is 364 g/mol. The number of hydrogen-bond acceptors (Lipinski definition) is 8. The summed E-state index contributed by atoms with van der Waals surface area (Å²) < 4.78 is 0. The van der Waals surface area contributed by atoms with Gasteiger partial charge in [-0.1, -0.05) is 5.18 Å². The van der Waals surface area contributed by atoms with Gasteiger partial charge in [-0.2, -0.15) is 78.1 Å².